The van der Waals surface area contributed by atoms with E-state index in [2.05, 4.69) is 10.5 Å². The van der Waals surface area contributed by atoms with Crippen LogP contribution in [0, 0.1) is 0 Å². The zero-order valence-corrected chi connectivity index (χ0v) is 9.71. The van der Waals surface area contributed by atoms with E-state index < -0.39 is 5.97 Å². The summed E-state index contributed by atoms with van der Waals surface area (Å²) >= 11 is 0. The Morgan fingerprint density at radius 2 is 2.33 bits per heavy atom. The highest BCUT2D eigenvalue weighted by Gasteiger charge is 2.11. The van der Waals surface area contributed by atoms with Crippen molar-refractivity contribution in [3.63, 3.8) is 0 Å². The van der Waals surface area contributed by atoms with Crippen molar-refractivity contribution in [2.24, 2.45) is 0 Å². The summed E-state index contributed by atoms with van der Waals surface area (Å²) in [5, 5.41) is 15.6. The minimum Gasteiger partial charge on any atom is -0.497 e. The van der Waals surface area contributed by atoms with Crippen LogP contribution in [-0.4, -0.2) is 23.3 Å². The van der Waals surface area contributed by atoms with Crippen LogP contribution in [0.3, 0.4) is 0 Å². The molecule has 0 fully saturated rings. The molecule has 6 nitrogen and oxygen atoms in total. The van der Waals surface area contributed by atoms with E-state index in [1.165, 1.54) is 19.4 Å². The first-order valence-corrected chi connectivity index (χ1v) is 5.25. The molecule has 0 unspecified atom stereocenters. The molecule has 0 aliphatic carbocycles. The molecule has 2 rings (SSSR count). The Morgan fingerprint density at radius 1 is 1.50 bits per heavy atom. The molecule has 0 spiro atoms. The van der Waals surface area contributed by atoms with Gasteiger partial charge in [-0.05, 0) is 12.1 Å². The lowest BCUT2D eigenvalue weighted by Gasteiger charge is -2.09. The van der Waals surface area contributed by atoms with E-state index in [0.717, 1.165) is 0 Å². The van der Waals surface area contributed by atoms with Crippen molar-refractivity contribution in [2.75, 3.05) is 12.4 Å². The van der Waals surface area contributed by atoms with Crippen LogP contribution in [-0.2, 0) is 6.54 Å². The van der Waals surface area contributed by atoms with Gasteiger partial charge in [-0.25, -0.2) is 4.79 Å². The third kappa shape index (κ3) is 2.60. The molecule has 6 heteroatoms. The molecule has 1 aromatic carbocycles. The van der Waals surface area contributed by atoms with Gasteiger partial charge in [0, 0.05) is 12.1 Å². The maximum atomic E-state index is 11.1. The van der Waals surface area contributed by atoms with Crippen molar-refractivity contribution < 1.29 is 19.2 Å². The predicted molar refractivity (Wildman–Crippen MR) is 63.8 cm³/mol. The summed E-state index contributed by atoms with van der Waals surface area (Å²) in [6, 6.07) is 6.42. The summed E-state index contributed by atoms with van der Waals surface area (Å²) in [6.45, 7) is 0.355. The number of rotatable bonds is 5. The Balaban J connectivity index is 2.20. The van der Waals surface area contributed by atoms with Gasteiger partial charge in [-0.15, -0.1) is 0 Å². The number of carboxylic acids is 1. The molecule has 0 amide bonds. The van der Waals surface area contributed by atoms with Crippen LogP contribution in [0.2, 0.25) is 0 Å². The van der Waals surface area contributed by atoms with Gasteiger partial charge in [0.2, 0.25) is 0 Å². The molecule has 2 aromatic rings. The van der Waals surface area contributed by atoms with Crippen molar-refractivity contribution in [2.45, 2.75) is 6.54 Å². The minimum atomic E-state index is -1.00. The fourth-order valence-corrected chi connectivity index (χ4v) is 1.50. The SMILES string of the molecule is COc1ccc(C(=O)O)c(NCc2ccno2)c1. The lowest BCUT2D eigenvalue weighted by molar-refractivity contribution is 0.0698. The highest BCUT2D eigenvalue weighted by molar-refractivity contribution is 5.94. The Bertz CT molecular complexity index is 537. The van der Waals surface area contributed by atoms with Crippen LogP contribution in [0.5, 0.6) is 5.75 Å². The van der Waals surface area contributed by atoms with Crippen LogP contribution in [0.25, 0.3) is 0 Å². The molecule has 0 bridgehead atoms. The number of nitrogens with one attached hydrogen (secondary N) is 1. The number of benzene rings is 1. The molecule has 1 aromatic heterocycles. The Hall–Kier alpha value is -2.50. The summed E-state index contributed by atoms with van der Waals surface area (Å²) in [5.41, 5.74) is 0.647. The summed E-state index contributed by atoms with van der Waals surface area (Å²) < 4.78 is 9.98. The maximum absolute atomic E-state index is 11.1. The molecule has 0 saturated carbocycles. The number of anilines is 1. The van der Waals surface area contributed by atoms with Crippen molar-refractivity contribution >= 4 is 11.7 Å². The molecule has 0 aliphatic heterocycles. The van der Waals surface area contributed by atoms with Gasteiger partial charge in [0.25, 0.3) is 0 Å². The van der Waals surface area contributed by atoms with Crippen LogP contribution in [0.15, 0.2) is 35.0 Å². The average Bonchev–Trinajstić information content (AvgIpc) is 2.88. The molecular weight excluding hydrogens is 236 g/mol. The van der Waals surface area contributed by atoms with Gasteiger partial charge in [-0.3, -0.25) is 0 Å². The highest BCUT2D eigenvalue weighted by Crippen LogP contribution is 2.23. The second-order valence-corrected chi connectivity index (χ2v) is 3.55. The highest BCUT2D eigenvalue weighted by atomic mass is 16.5. The molecule has 0 aliphatic rings. The number of aromatic carboxylic acids is 1. The number of carbonyl (C=O) groups is 1. The van der Waals surface area contributed by atoms with Gasteiger partial charge in [0.1, 0.15) is 5.75 Å². The predicted octanol–water partition coefficient (Wildman–Crippen LogP) is 1.99. The smallest absolute Gasteiger partial charge is 0.337 e. The number of methoxy groups -OCH3 is 1. The van der Waals surface area contributed by atoms with Crippen LogP contribution >= 0.6 is 0 Å². The first-order valence-electron chi connectivity index (χ1n) is 5.25. The largest absolute Gasteiger partial charge is 0.497 e. The van der Waals surface area contributed by atoms with Gasteiger partial charge in [-0.2, -0.15) is 0 Å². The Kier molecular flexibility index (Phi) is 3.47. The Labute approximate surface area is 103 Å². The number of hydrogen-bond acceptors (Lipinski definition) is 5. The van der Waals surface area contributed by atoms with Gasteiger partial charge < -0.3 is 19.7 Å². The lowest BCUT2D eigenvalue weighted by Crippen LogP contribution is -2.06. The fraction of sp³-hybridized carbons (Fsp3) is 0.167. The van der Waals surface area contributed by atoms with E-state index >= 15 is 0 Å². The van der Waals surface area contributed by atoms with E-state index in [9.17, 15) is 4.79 Å². The van der Waals surface area contributed by atoms with Crippen LogP contribution < -0.4 is 10.1 Å². The molecule has 2 N–H and O–H groups in total. The summed E-state index contributed by atoms with van der Waals surface area (Å²) in [4.78, 5) is 11.1. The standard InChI is InChI=1S/C12H12N2O4/c1-17-8-2-3-10(12(15)16)11(6-8)13-7-9-4-5-14-18-9/h2-6,13H,7H2,1H3,(H,15,16). The zero-order chi connectivity index (χ0) is 13.0. The average molecular weight is 248 g/mol. The molecule has 18 heavy (non-hydrogen) atoms. The zero-order valence-electron chi connectivity index (χ0n) is 9.71. The van der Waals surface area contributed by atoms with E-state index in [-0.39, 0.29) is 5.56 Å². The number of ether oxygens (including phenoxy) is 1. The normalized spacial score (nSPS) is 10.1. The summed E-state index contributed by atoms with van der Waals surface area (Å²) in [7, 11) is 1.52. The van der Waals surface area contributed by atoms with Crippen molar-refractivity contribution in [3.05, 3.63) is 41.8 Å². The van der Waals surface area contributed by atoms with Crippen LogP contribution in [0.1, 0.15) is 16.1 Å². The van der Waals surface area contributed by atoms with Gasteiger partial charge >= 0.3 is 5.97 Å². The number of nitrogens with zero attached hydrogens (tertiary/aromatic N) is 1. The van der Waals surface area contributed by atoms with Gasteiger partial charge in [-0.1, -0.05) is 5.16 Å². The summed E-state index contributed by atoms with van der Waals surface area (Å²) in [5.74, 6) is 0.201. The number of hydrogen-bond donors (Lipinski definition) is 2. The van der Waals surface area contributed by atoms with Crippen molar-refractivity contribution in [3.8, 4) is 5.75 Å². The molecular formula is C12H12N2O4. The molecule has 0 radical (unpaired) electrons. The molecule has 1 heterocycles. The first-order chi connectivity index (χ1) is 8.70. The quantitative estimate of drug-likeness (QED) is 0.841. The maximum Gasteiger partial charge on any atom is 0.337 e. The van der Waals surface area contributed by atoms with E-state index in [0.29, 0.717) is 23.7 Å². The number of carboxylic acid groups (broad SMARTS) is 1. The van der Waals surface area contributed by atoms with Crippen LogP contribution in [0.4, 0.5) is 5.69 Å². The fourth-order valence-electron chi connectivity index (χ4n) is 1.50. The second-order valence-electron chi connectivity index (χ2n) is 3.55. The first kappa shape index (κ1) is 12.0. The molecule has 0 atom stereocenters. The van der Waals surface area contributed by atoms with E-state index in [4.69, 9.17) is 14.4 Å². The van der Waals surface area contributed by atoms with Crippen molar-refractivity contribution in [1.82, 2.24) is 5.16 Å². The van der Waals surface area contributed by atoms with Gasteiger partial charge in [0.05, 0.1) is 31.1 Å². The monoisotopic (exact) mass is 248 g/mol. The van der Waals surface area contributed by atoms with E-state index in [1.54, 1.807) is 18.2 Å². The number of aromatic nitrogens is 1. The van der Waals surface area contributed by atoms with Gasteiger partial charge in [0.15, 0.2) is 5.76 Å². The second kappa shape index (κ2) is 5.22. The van der Waals surface area contributed by atoms with Crippen molar-refractivity contribution in [1.29, 1.82) is 0 Å². The third-order valence-corrected chi connectivity index (χ3v) is 2.40. The third-order valence-electron chi connectivity index (χ3n) is 2.40. The minimum absolute atomic E-state index is 0.176. The lowest BCUT2D eigenvalue weighted by atomic mass is 10.1. The van der Waals surface area contributed by atoms with E-state index in [1.807, 2.05) is 0 Å². The molecule has 94 valence electrons. The topological polar surface area (TPSA) is 84.6 Å². The molecule has 0 saturated heterocycles. The summed E-state index contributed by atoms with van der Waals surface area (Å²) in [6.07, 6.45) is 1.53. The Morgan fingerprint density at radius 3 is 2.94 bits per heavy atom.